The molecule has 2 aromatic rings. The van der Waals surface area contributed by atoms with Crippen LogP contribution in [-0.4, -0.2) is 43.9 Å². The zero-order valence-electron chi connectivity index (χ0n) is 13.4. The number of nitrogens with one attached hydrogen (secondary N) is 1. The highest BCUT2D eigenvalue weighted by Gasteiger charge is 2.33. The molecule has 2 aromatic heterocycles. The third-order valence-corrected chi connectivity index (χ3v) is 4.34. The lowest BCUT2D eigenvalue weighted by atomic mass is 10.1. The molecule has 1 saturated carbocycles. The summed E-state index contributed by atoms with van der Waals surface area (Å²) in [6.45, 7) is 0.0360. The van der Waals surface area contributed by atoms with Crippen molar-refractivity contribution in [3.8, 4) is 11.8 Å². The van der Waals surface area contributed by atoms with Crippen molar-refractivity contribution in [2.45, 2.75) is 25.0 Å². The second-order valence-corrected chi connectivity index (χ2v) is 6.26. The molecule has 0 amide bonds. The molecular weight excluding hydrogens is 342 g/mol. The number of nitrogens with zero attached hydrogens (tertiary/aromatic N) is 3. The summed E-state index contributed by atoms with van der Waals surface area (Å²) in [5, 5.41) is 22.7. The monoisotopic (exact) mass is 359 g/mol. The van der Waals surface area contributed by atoms with Crippen molar-refractivity contribution in [1.82, 2.24) is 15.0 Å². The minimum Gasteiger partial charge on any atom is -0.396 e. The highest BCUT2D eigenvalue weighted by molar-refractivity contribution is 6.31. The van der Waals surface area contributed by atoms with Crippen LogP contribution in [0.4, 0.5) is 11.8 Å². The van der Waals surface area contributed by atoms with E-state index in [2.05, 4.69) is 32.1 Å². The van der Waals surface area contributed by atoms with E-state index in [0.29, 0.717) is 29.9 Å². The van der Waals surface area contributed by atoms with E-state index in [1.54, 1.807) is 18.3 Å². The number of aromatic nitrogens is 3. The average Bonchev–Trinajstić information content (AvgIpc) is 2.95. The molecule has 1 aliphatic rings. The zero-order valence-corrected chi connectivity index (χ0v) is 14.1. The molecule has 0 saturated heterocycles. The third-order valence-electron chi connectivity index (χ3n) is 4.07. The van der Waals surface area contributed by atoms with E-state index in [0.717, 1.165) is 0 Å². The Balaban J connectivity index is 1.90. The Kier molecular flexibility index (Phi) is 5.34. The molecule has 0 aromatic carbocycles. The smallest absolute Gasteiger partial charge is 0.223 e. The maximum atomic E-state index is 10.2. The Morgan fingerprint density at radius 3 is 2.80 bits per heavy atom. The van der Waals surface area contributed by atoms with E-state index >= 15 is 0 Å². The fourth-order valence-electron chi connectivity index (χ4n) is 2.83. The summed E-state index contributed by atoms with van der Waals surface area (Å²) in [6, 6.07) is 5.15. The standard InChI is InChI=1S/C17H18ClN5O2/c18-15-12(5-4-11-3-1-2-6-20-11)16(23-17(19)22-15)21-13-7-10(9-24)8-14(13)25/h1-3,6,10,13-14,24-25H,7-9H2,(H3,19,21,22,23)/t10-,13+,14+/m0/s1. The van der Waals surface area contributed by atoms with Crippen molar-refractivity contribution in [2.24, 2.45) is 5.92 Å². The molecule has 7 nitrogen and oxygen atoms in total. The summed E-state index contributed by atoms with van der Waals surface area (Å²) in [6.07, 6.45) is 2.20. The Bertz CT molecular complexity index is 806. The molecule has 130 valence electrons. The third kappa shape index (κ3) is 4.17. The van der Waals surface area contributed by atoms with Gasteiger partial charge in [0.05, 0.1) is 12.1 Å². The fraction of sp³-hybridized carbons (Fsp3) is 0.353. The number of hydrogen-bond donors (Lipinski definition) is 4. The molecular formula is C17H18ClN5O2. The van der Waals surface area contributed by atoms with Gasteiger partial charge >= 0.3 is 0 Å². The number of rotatable bonds is 3. The van der Waals surface area contributed by atoms with Gasteiger partial charge in [-0.1, -0.05) is 23.6 Å². The lowest BCUT2D eigenvalue weighted by Crippen LogP contribution is -2.29. The first-order valence-corrected chi connectivity index (χ1v) is 8.26. The second-order valence-electron chi connectivity index (χ2n) is 5.90. The quantitative estimate of drug-likeness (QED) is 0.478. The summed E-state index contributed by atoms with van der Waals surface area (Å²) in [4.78, 5) is 12.2. The Hall–Kier alpha value is -2.40. The maximum absolute atomic E-state index is 10.2. The number of aliphatic hydroxyl groups is 2. The topological polar surface area (TPSA) is 117 Å². The van der Waals surface area contributed by atoms with E-state index in [4.69, 9.17) is 17.3 Å². The molecule has 3 atom stereocenters. The molecule has 0 spiro atoms. The van der Waals surface area contributed by atoms with Gasteiger partial charge in [0.1, 0.15) is 17.1 Å². The van der Waals surface area contributed by atoms with E-state index in [-0.39, 0.29) is 29.7 Å². The Morgan fingerprint density at radius 1 is 1.28 bits per heavy atom. The van der Waals surface area contributed by atoms with E-state index in [1.165, 1.54) is 0 Å². The average molecular weight is 360 g/mol. The SMILES string of the molecule is Nc1nc(Cl)c(C#Cc2ccccn2)c(N[C@@H]2C[C@H](CO)C[C@H]2O)n1. The Labute approximate surface area is 150 Å². The van der Waals surface area contributed by atoms with Crippen molar-refractivity contribution in [3.05, 3.63) is 40.8 Å². The number of nitrogens with two attached hydrogens (primary N) is 1. The summed E-state index contributed by atoms with van der Waals surface area (Å²) in [5.74, 6) is 6.26. The van der Waals surface area contributed by atoms with Gasteiger partial charge in [0, 0.05) is 12.8 Å². The molecule has 0 unspecified atom stereocenters. The molecule has 1 aliphatic carbocycles. The molecule has 0 radical (unpaired) electrons. The second kappa shape index (κ2) is 7.66. The van der Waals surface area contributed by atoms with Gasteiger partial charge in [-0.15, -0.1) is 0 Å². The van der Waals surface area contributed by atoms with Crippen LogP contribution in [-0.2, 0) is 0 Å². The van der Waals surface area contributed by atoms with Crippen LogP contribution in [0, 0.1) is 17.8 Å². The first-order valence-electron chi connectivity index (χ1n) is 7.88. The van der Waals surface area contributed by atoms with E-state index in [9.17, 15) is 10.2 Å². The van der Waals surface area contributed by atoms with Crippen molar-refractivity contribution < 1.29 is 10.2 Å². The van der Waals surface area contributed by atoms with Crippen LogP contribution in [0.1, 0.15) is 24.1 Å². The van der Waals surface area contributed by atoms with Crippen LogP contribution in [0.3, 0.4) is 0 Å². The van der Waals surface area contributed by atoms with Crippen LogP contribution in [0.2, 0.25) is 5.15 Å². The molecule has 1 fully saturated rings. The normalized spacial score (nSPS) is 22.3. The van der Waals surface area contributed by atoms with Crippen LogP contribution in [0.15, 0.2) is 24.4 Å². The van der Waals surface area contributed by atoms with Crippen molar-refractivity contribution in [3.63, 3.8) is 0 Å². The lowest BCUT2D eigenvalue weighted by molar-refractivity contribution is 0.157. The summed E-state index contributed by atoms with van der Waals surface area (Å²) >= 11 is 6.18. The number of nitrogen functional groups attached to an aromatic ring is 1. The van der Waals surface area contributed by atoms with Gasteiger partial charge in [-0.25, -0.2) is 4.98 Å². The zero-order chi connectivity index (χ0) is 17.8. The van der Waals surface area contributed by atoms with Gasteiger partial charge in [-0.3, -0.25) is 0 Å². The minimum absolute atomic E-state index is 0.0158. The van der Waals surface area contributed by atoms with Crippen molar-refractivity contribution in [2.75, 3.05) is 17.7 Å². The van der Waals surface area contributed by atoms with Gasteiger partial charge in [0.2, 0.25) is 5.95 Å². The maximum Gasteiger partial charge on any atom is 0.223 e. The number of halogens is 1. The molecule has 3 rings (SSSR count). The van der Waals surface area contributed by atoms with Crippen LogP contribution >= 0.6 is 11.6 Å². The van der Waals surface area contributed by atoms with Gasteiger partial charge in [0.25, 0.3) is 0 Å². The predicted molar refractivity (Wildman–Crippen MR) is 94.9 cm³/mol. The van der Waals surface area contributed by atoms with Gasteiger partial charge in [-0.05, 0) is 36.8 Å². The highest BCUT2D eigenvalue weighted by Crippen LogP contribution is 2.30. The summed E-state index contributed by atoms with van der Waals surface area (Å²) < 4.78 is 0. The molecule has 5 N–H and O–H groups in total. The first-order chi connectivity index (χ1) is 12.1. The summed E-state index contributed by atoms with van der Waals surface area (Å²) in [5.41, 5.74) is 6.66. The number of pyridine rings is 1. The predicted octanol–water partition coefficient (Wildman–Crippen LogP) is 1.05. The lowest BCUT2D eigenvalue weighted by Gasteiger charge is -2.18. The molecule has 2 heterocycles. The fourth-order valence-corrected chi connectivity index (χ4v) is 3.05. The van der Waals surface area contributed by atoms with Crippen molar-refractivity contribution in [1.29, 1.82) is 0 Å². The van der Waals surface area contributed by atoms with Gasteiger partial charge in [-0.2, -0.15) is 9.97 Å². The van der Waals surface area contributed by atoms with Crippen LogP contribution in [0.5, 0.6) is 0 Å². The Morgan fingerprint density at radius 2 is 2.12 bits per heavy atom. The van der Waals surface area contributed by atoms with E-state index < -0.39 is 6.10 Å². The molecule has 25 heavy (non-hydrogen) atoms. The molecule has 0 bridgehead atoms. The summed E-state index contributed by atoms with van der Waals surface area (Å²) in [7, 11) is 0. The minimum atomic E-state index is -0.594. The highest BCUT2D eigenvalue weighted by atomic mass is 35.5. The van der Waals surface area contributed by atoms with Crippen LogP contribution in [0.25, 0.3) is 0 Å². The van der Waals surface area contributed by atoms with Gasteiger partial charge < -0.3 is 21.3 Å². The number of aliphatic hydroxyl groups excluding tert-OH is 2. The molecule has 0 aliphatic heterocycles. The van der Waals surface area contributed by atoms with E-state index in [1.807, 2.05) is 6.07 Å². The van der Waals surface area contributed by atoms with Crippen molar-refractivity contribution >= 4 is 23.4 Å². The van der Waals surface area contributed by atoms with Gasteiger partial charge in [0.15, 0.2) is 5.15 Å². The number of anilines is 2. The molecule has 8 heteroatoms. The largest absolute Gasteiger partial charge is 0.396 e. The first kappa shape index (κ1) is 17.4. The van der Waals surface area contributed by atoms with Crippen LogP contribution < -0.4 is 11.1 Å². The number of hydrogen-bond acceptors (Lipinski definition) is 7.